The SMILES string of the molecule is COc1ccc(Br)c(CN2CCCN(N)C2=O)c1. The first kappa shape index (κ1) is 13.2. The Morgan fingerprint density at radius 1 is 1.44 bits per heavy atom. The fourth-order valence-electron chi connectivity index (χ4n) is 1.96. The Balaban J connectivity index is 2.15. The maximum Gasteiger partial charge on any atom is 0.334 e. The molecule has 0 saturated carbocycles. The summed E-state index contributed by atoms with van der Waals surface area (Å²) in [5.74, 6) is 6.40. The molecule has 2 rings (SSSR count). The number of carbonyl (C=O) groups is 1. The molecule has 98 valence electrons. The highest BCUT2D eigenvalue weighted by atomic mass is 79.9. The van der Waals surface area contributed by atoms with Crippen LogP contribution in [0.15, 0.2) is 22.7 Å². The molecule has 0 bridgehead atoms. The average Bonchev–Trinajstić information content (AvgIpc) is 2.37. The van der Waals surface area contributed by atoms with E-state index in [1.807, 2.05) is 18.2 Å². The zero-order valence-electron chi connectivity index (χ0n) is 10.2. The van der Waals surface area contributed by atoms with Crippen molar-refractivity contribution in [2.75, 3.05) is 20.2 Å². The molecule has 0 unspecified atom stereocenters. The highest BCUT2D eigenvalue weighted by Gasteiger charge is 2.23. The van der Waals surface area contributed by atoms with E-state index in [-0.39, 0.29) is 6.03 Å². The molecule has 1 aromatic carbocycles. The number of halogens is 1. The Bertz CT molecular complexity index is 453. The summed E-state index contributed by atoms with van der Waals surface area (Å²) >= 11 is 3.48. The van der Waals surface area contributed by atoms with Gasteiger partial charge in [-0.1, -0.05) is 15.9 Å². The van der Waals surface area contributed by atoms with Gasteiger partial charge in [-0.2, -0.15) is 0 Å². The maximum atomic E-state index is 11.9. The van der Waals surface area contributed by atoms with Crippen molar-refractivity contribution in [1.29, 1.82) is 0 Å². The van der Waals surface area contributed by atoms with Crippen molar-refractivity contribution in [3.63, 3.8) is 0 Å². The van der Waals surface area contributed by atoms with Gasteiger partial charge < -0.3 is 9.64 Å². The van der Waals surface area contributed by atoms with Crippen LogP contribution in [0.4, 0.5) is 4.79 Å². The third kappa shape index (κ3) is 2.76. The summed E-state index contributed by atoms with van der Waals surface area (Å²) in [6.07, 6.45) is 0.893. The zero-order chi connectivity index (χ0) is 13.1. The number of benzene rings is 1. The standard InChI is InChI=1S/C12H16BrN3O2/c1-18-10-3-4-11(13)9(7-10)8-15-5-2-6-16(14)12(15)17/h3-4,7H,2,5-6,8,14H2,1H3. The normalized spacial score (nSPS) is 16.1. The minimum absolute atomic E-state index is 0.129. The Labute approximate surface area is 115 Å². The number of hydrogen-bond acceptors (Lipinski definition) is 3. The van der Waals surface area contributed by atoms with Gasteiger partial charge in [0.15, 0.2) is 0 Å². The highest BCUT2D eigenvalue weighted by molar-refractivity contribution is 9.10. The number of methoxy groups -OCH3 is 1. The van der Waals surface area contributed by atoms with Crippen LogP contribution < -0.4 is 10.6 Å². The zero-order valence-corrected chi connectivity index (χ0v) is 11.8. The molecule has 0 atom stereocenters. The van der Waals surface area contributed by atoms with E-state index in [9.17, 15) is 4.79 Å². The van der Waals surface area contributed by atoms with E-state index in [2.05, 4.69) is 15.9 Å². The summed E-state index contributed by atoms with van der Waals surface area (Å²) in [4.78, 5) is 13.6. The van der Waals surface area contributed by atoms with Crippen molar-refractivity contribution in [2.24, 2.45) is 5.84 Å². The van der Waals surface area contributed by atoms with Gasteiger partial charge in [-0.3, -0.25) is 5.01 Å². The molecule has 2 N–H and O–H groups in total. The monoisotopic (exact) mass is 313 g/mol. The van der Waals surface area contributed by atoms with Crippen LogP contribution in [0.2, 0.25) is 0 Å². The summed E-state index contributed by atoms with van der Waals surface area (Å²) in [5.41, 5.74) is 1.01. The molecule has 1 aliphatic heterocycles. The number of nitrogens with two attached hydrogens (primary N) is 1. The van der Waals surface area contributed by atoms with Gasteiger partial charge >= 0.3 is 6.03 Å². The van der Waals surface area contributed by atoms with Gasteiger partial charge in [0.2, 0.25) is 0 Å². The van der Waals surface area contributed by atoms with Crippen LogP contribution in [0.5, 0.6) is 5.75 Å². The van der Waals surface area contributed by atoms with Gasteiger partial charge in [0.05, 0.1) is 7.11 Å². The van der Waals surface area contributed by atoms with Gasteiger partial charge in [0.25, 0.3) is 0 Å². The molecule has 1 fully saturated rings. The quantitative estimate of drug-likeness (QED) is 0.685. The first-order valence-corrected chi connectivity index (χ1v) is 6.54. The van der Waals surface area contributed by atoms with Crippen LogP contribution in [-0.2, 0) is 6.54 Å². The van der Waals surface area contributed by atoms with Crippen molar-refractivity contribution >= 4 is 22.0 Å². The second kappa shape index (κ2) is 5.58. The lowest BCUT2D eigenvalue weighted by atomic mass is 10.2. The van der Waals surface area contributed by atoms with Crippen LogP contribution in [0.25, 0.3) is 0 Å². The molecule has 0 aromatic heterocycles. The Hall–Kier alpha value is -1.27. The second-order valence-corrected chi connectivity index (χ2v) is 5.06. The second-order valence-electron chi connectivity index (χ2n) is 4.21. The molecule has 5 nitrogen and oxygen atoms in total. The molecular weight excluding hydrogens is 298 g/mol. The Morgan fingerprint density at radius 2 is 2.22 bits per heavy atom. The number of rotatable bonds is 3. The summed E-state index contributed by atoms with van der Waals surface area (Å²) in [7, 11) is 1.63. The van der Waals surface area contributed by atoms with Crippen molar-refractivity contribution in [2.45, 2.75) is 13.0 Å². The van der Waals surface area contributed by atoms with Gasteiger partial charge in [0.1, 0.15) is 5.75 Å². The molecule has 18 heavy (non-hydrogen) atoms. The maximum absolute atomic E-state index is 11.9. The lowest BCUT2D eigenvalue weighted by molar-refractivity contribution is 0.127. The first-order chi connectivity index (χ1) is 8.61. The van der Waals surface area contributed by atoms with Crippen molar-refractivity contribution in [1.82, 2.24) is 9.91 Å². The van der Waals surface area contributed by atoms with Gasteiger partial charge in [-0.15, -0.1) is 0 Å². The summed E-state index contributed by atoms with van der Waals surface area (Å²) in [5, 5.41) is 1.26. The Morgan fingerprint density at radius 3 is 2.94 bits per heavy atom. The van der Waals surface area contributed by atoms with Crippen LogP contribution in [0, 0.1) is 0 Å². The topological polar surface area (TPSA) is 58.8 Å². The minimum Gasteiger partial charge on any atom is -0.497 e. The van der Waals surface area contributed by atoms with E-state index in [4.69, 9.17) is 10.6 Å². The molecule has 2 amide bonds. The van der Waals surface area contributed by atoms with Crippen LogP contribution >= 0.6 is 15.9 Å². The smallest absolute Gasteiger partial charge is 0.334 e. The van der Waals surface area contributed by atoms with E-state index in [1.54, 1.807) is 12.0 Å². The predicted molar refractivity (Wildman–Crippen MR) is 72.0 cm³/mol. The van der Waals surface area contributed by atoms with E-state index in [0.717, 1.165) is 28.8 Å². The molecule has 0 spiro atoms. The van der Waals surface area contributed by atoms with Crippen LogP contribution in [-0.4, -0.2) is 36.1 Å². The van der Waals surface area contributed by atoms with Gasteiger partial charge in [0, 0.05) is 24.1 Å². The van der Waals surface area contributed by atoms with E-state index in [0.29, 0.717) is 13.1 Å². The number of urea groups is 1. The predicted octanol–water partition coefficient (Wildman–Crippen LogP) is 1.96. The van der Waals surface area contributed by atoms with Crippen molar-refractivity contribution in [3.05, 3.63) is 28.2 Å². The largest absolute Gasteiger partial charge is 0.497 e. The molecule has 1 heterocycles. The van der Waals surface area contributed by atoms with Gasteiger partial charge in [-0.05, 0) is 30.2 Å². The molecule has 1 aromatic rings. The summed E-state index contributed by atoms with van der Waals surface area (Å²) in [6.45, 7) is 1.88. The van der Waals surface area contributed by atoms with E-state index < -0.39 is 0 Å². The van der Waals surface area contributed by atoms with Crippen LogP contribution in [0.1, 0.15) is 12.0 Å². The molecule has 0 radical (unpaired) electrons. The molecule has 0 aliphatic carbocycles. The number of ether oxygens (including phenoxy) is 1. The van der Waals surface area contributed by atoms with E-state index >= 15 is 0 Å². The number of amides is 2. The number of carbonyl (C=O) groups excluding carboxylic acids is 1. The molecule has 1 aliphatic rings. The summed E-state index contributed by atoms with van der Waals surface area (Å²) < 4.78 is 6.15. The third-order valence-electron chi connectivity index (χ3n) is 2.96. The van der Waals surface area contributed by atoms with Crippen LogP contribution in [0.3, 0.4) is 0 Å². The fourth-order valence-corrected chi connectivity index (χ4v) is 2.33. The summed E-state index contributed by atoms with van der Waals surface area (Å²) in [6, 6.07) is 5.59. The number of hydrazine groups is 1. The van der Waals surface area contributed by atoms with E-state index in [1.165, 1.54) is 5.01 Å². The molecular formula is C12H16BrN3O2. The fraction of sp³-hybridized carbons (Fsp3) is 0.417. The molecule has 1 saturated heterocycles. The molecule has 6 heteroatoms. The lowest BCUT2D eigenvalue weighted by Gasteiger charge is -2.33. The van der Waals surface area contributed by atoms with Crippen molar-refractivity contribution < 1.29 is 9.53 Å². The lowest BCUT2D eigenvalue weighted by Crippen LogP contribution is -2.52. The average molecular weight is 314 g/mol. The Kier molecular flexibility index (Phi) is 4.08. The minimum atomic E-state index is -0.129. The van der Waals surface area contributed by atoms with Crippen molar-refractivity contribution in [3.8, 4) is 5.75 Å². The third-order valence-corrected chi connectivity index (χ3v) is 3.73. The number of nitrogens with zero attached hydrogens (tertiary/aromatic N) is 2. The number of hydrogen-bond donors (Lipinski definition) is 1. The highest BCUT2D eigenvalue weighted by Crippen LogP contribution is 2.24. The first-order valence-electron chi connectivity index (χ1n) is 5.75. The van der Waals surface area contributed by atoms with Gasteiger partial charge in [-0.25, -0.2) is 10.6 Å².